The lowest BCUT2D eigenvalue weighted by atomic mass is 10.3. The van der Waals surface area contributed by atoms with Crippen LogP contribution in [0.15, 0.2) is 0 Å². The van der Waals surface area contributed by atoms with E-state index in [0.29, 0.717) is 12.8 Å². The largest absolute Gasteiger partial charge is 0.396 e. The van der Waals surface area contributed by atoms with Gasteiger partial charge in [-0.25, -0.2) is 0 Å². The average molecular weight is 152 g/mol. The smallest absolute Gasteiger partial charge is 0.0952 e. The lowest BCUT2D eigenvalue weighted by Crippen LogP contribution is -1.99. The summed E-state index contributed by atoms with van der Waals surface area (Å²) in [5.41, 5.74) is 0. The molecule has 2 atom stereocenters. The number of hydrogen-bond donors (Lipinski definition) is 2. The van der Waals surface area contributed by atoms with Gasteiger partial charge in [0, 0.05) is 22.5 Å². The van der Waals surface area contributed by atoms with Crippen molar-refractivity contribution in [3.63, 3.8) is 0 Å². The molecule has 0 saturated carbocycles. The first-order valence-electron chi connectivity index (χ1n) is 2.88. The topological polar surface area (TPSA) is 49.7 Å². The molecule has 0 aromatic carbocycles. The summed E-state index contributed by atoms with van der Waals surface area (Å²) in [7, 11) is 1.70. The molecule has 0 heterocycles. The van der Waals surface area contributed by atoms with E-state index in [1.807, 2.05) is 0 Å². The lowest BCUT2D eigenvalue weighted by molar-refractivity contribution is 0.209. The van der Waals surface area contributed by atoms with E-state index in [2.05, 4.69) is 0 Å². The monoisotopic (exact) mass is 152 g/mol. The number of aliphatic hydroxyl groups is 2. The van der Waals surface area contributed by atoms with Crippen LogP contribution in [0.5, 0.6) is 0 Å². The van der Waals surface area contributed by atoms with E-state index in [-0.39, 0.29) is 21.3 Å². The van der Waals surface area contributed by atoms with Crippen molar-refractivity contribution in [2.45, 2.75) is 18.7 Å². The van der Waals surface area contributed by atoms with E-state index in [9.17, 15) is 0 Å². The lowest BCUT2D eigenvalue weighted by Gasteiger charge is -2.05. The van der Waals surface area contributed by atoms with Crippen molar-refractivity contribution in [3.05, 3.63) is 0 Å². The fourth-order valence-corrected chi connectivity index (χ4v) is 1.07. The number of rotatable bonds is 5. The van der Waals surface area contributed by atoms with Crippen LogP contribution in [0.25, 0.3) is 0 Å². The van der Waals surface area contributed by atoms with Crippen LogP contribution in [0.2, 0.25) is 0 Å². The number of aliphatic hydroxyl groups excluding tert-OH is 2. The van der Waals surface area contributed by atoms with E-state index in [0.717, 1.165) is 0 Å². The van der Waals surface area contributed by atoms with Gasteiger partial charge in [0.25, 0.3) is 0 Å². The third-order valence-electron chi connectivity index (χ3n) is 0.890. The molecule has 9 heavy (non-hydrogen) atoms. The predicted molar refractivity (Wildman–Crippen MR) is 37.7 cm³/mol. The van der Waals surface area contributed by atoms with E-state index in [4.69, 9.17) is 14.7 Å². The molecular weight excluding hydrogens is 139 g/mol. The maximum atomic E-state index is 8.96. The van der Waals surface area contributed by atoms with Crippen LogP contribution in [0.3, 0.4) is 0 Å². The zero-order valence-corrected chi connectivity index (χ0v) is 6.50. The van der Waals surface area contributed by atoms with E-state index >= 15 is 0 Å². The summed E-state index contributed by atoms with van der Waals surface area (Å²) in [5, 5.41) is 17.3. The second-order valence-electron chi connectivity index (χ2n) is 1.70. The van der Waals surface area contributed by atoms with Gasteiger partial charge < -0.3 is 14.7 Å². The highest BCUT2D eigenvalue weighted by atomic mass is 31.1. The summed E-state index contributed by atoms with van der Waals surface area (Å²) in [6.45, 7) is 0.144. The van der Waals surface area contributed by atoms with Crippen LogP contribution >= 0.6 is 8.81 Å². The van der Waals surface area contributed by atoms with Crippen LogP contribution in [0.1, 0.15) is 12.8 Å². The zero-order valence-electron chi connectivity index (χ0n) is 5.50. The highest BCUT2D eigenvalue weighted by Gasteiger charge is 2.00. The van der Waals surface area contributed by atoms with Gasteiger partial charge in [-0.3, -0.25) is 0 Å². The first-order valence-corrected chi connectivity index (χ1v) is 3.87. The van der Waals surface area contributed by atoms with Crippen LogP contribution in [0, 0.1) is 0 Å². The summed E-state index contributed by atoms with van der Waals surface area (Å²) in [6.07, 6.45) is 1.28. The molecule has 0 aliphatic carbocycles. The molecule has 0 aliphatic heterocycles. The first kappa shape index (κ1) is 9.31. The van der Waals surface area contributed by atoms with E-state index < -0.39 is 0 Å². The third-order valence-corrected chi connectivity index (χ3v) is 1.69. The minimum absolute atomic E-state index is 0.143. The molecule has 0 spiro atoms. The maximum Gasteiger partial charge on any atom is 0.0952 e. The van der Waals surface area contributed by atoms with Gasteiger partial charge in [-0.2, -0.15) is 0 Å². The fourth-order valence-electron chi connectivity index (χ4n) is 0.480. The minimum atomic E-state index is -0.387. The molecule has 2 unspecified atom stereocenters. The van der Waals surface area contributed by atoms with Crippen LogP contribution < -0.4 is 0 Å². The SMILES string of the molecule is COPC(O)CCCO. The van der Waals surface area contributed by atoms with Crippen molar-refractivity contribution in [1.82, 2.24) is 0 Å². The van der Waals surface area contributed by atoms with Gasteiger partial charge in [-0.1, -0.05) is 0 Å². The van der Waals surface area contributed by atoms with E-state index in [1.54, 1.807) is 7.11 Å². The molecule has 0 saturated heterocycles. The molecule has 4 heteroatoms. The molecule has 0 amide bonds. The van der Waals surface area contributed by atoms with Crippen molar-refractivity contribution in [2.24, 2.45) is 0 Å². The van der Waals surface area contributed by atoms with Crippen LogP contribution in [-0.2, 0) is 4.52 Å². The third kappa shape index (κ3) is 6.19. The van der Waals surface area contributed by atoms with Crippen molar-refractivity contribution >= 4 is 8.81 Å². The molecule has 3 nitrogen and oxygen atoms in total. The maximum absolute atomic E-state index is 8.96. The van der Waals surface area contributed by atoms with Gasteiger partial charge in [0.15, 0.2) is 0 Å². The van der Waals surface area contributed by atoms with Gasteiger partial charge in [-0.15, -0.1) is 0 Å². The Balaban J connectivity index is 2.95. The number of hydrogen-bond acceptors (Lipinski definition) is 3. The summed E-state index contributed by atoms with van der Waals surface area (Å²) in [4.78, 5) is 0. The van der Waals surface area contributed by atoms with Crippen molar-refractivity contribution in [3.8, 4) is 0 Å². The van der Waals surface area contributed by atoms with Crippen molar-refractivity contribution in [2.75, 3.05) is 13.7 Å². The van der Waals surface area contributed by atoms with Gasteiger partial charge in [0.1, 0.15) is 0 Å². The Morgan fingerprint density at radius 1 is 1.67 bits per heavy atom. The predicted octanol–water partition coefficient (Wildman–Crippen LogP) is 0.317. The molecule has 56 valence electrons. The van der Waals surface area contributed by atoms with Gasteiger partial charge in [-0.05, 0) is 12.8 Å². The highest BCUT2D eigenvalue weighted by Crippen LogP contribution is 2.19. The summed E-state index contributed by atoms with van der Waals surface area (Å²) < 4.78 is 4.70. The highest BCUT2D eigenvalue weighted by molar-refractivity contribution is 7.32. The molecular formula is C5H13O3P. The Labute approximate surface area is 56.9 Å². The minimum Gasteiger partial charge on any atom is -0.396 e. The average Bonchev–Trinajstić information content (AvgIpc) is 1.85. The molecule has 0 aliphatic rings. The van der Waals surface area contributed by atoms with Crippen molar-refractivity contribution < 1.29 is 14.7 Å². The van der Waals surface area contributed by atoms with Gasteiger partial charge in [0.05, 0.1) is 5.85 Å². The Hall–Kier alpha value is 0.310. The Kier molecular flexibility index (Phi) is 6.65. The van der Waals surface area contributed by atoms with Crippen LogP contribution in [-0.4, -0.2) is 29.8 Å². The molecule has 0 aromatic rings. The van der Waals surface area contributed by atoms with Crippen LogP contribution in [0.4, 0.5) is 0 Å². The summed E-state index contributed by atoms with van der Waals surface area (Å²) in [5.74, 6) is -0.387. The second-order valence-corrected chi connectivity index (χ2v) is 3.01. The molecule has 0 fully saturated rings. The Morgan fingerprint density at radius 2 is 2.33 bits per heavy atom. The van der Waals surface area contributed by atoms with E-state index in [1.165, 1.54) is 0 Å². The molecule has 0 rings (SSSR count). The molecule has 0 aromatic heterocycles. The molecule has 0 radical (unpaired) electrons. The normalized spacial score (nSPS) is 15.0. The Bertz CT molecular complexity index is 60.2. The quantitative estimate of drug-likeness (QED) is 0.557. The Morgan fingerprint density at radius 3 is 2.78 bits per heavy atom. The molecule has 0 bridgehead atoms. The van der Waals surface area contributed by atoms with Gasteiger partial charge >= 0.3 is 0 Å². The standard InChI is InChI=1S/C5H13O3P/c1-8-9-5(7)3-2-4-6/h5-7,9H,2-4H2,1H3. The second kappa shape index (κ2) is 6.43. The summed E-state index contributed by atoms with van der Waals surface area (Å²) >= 11 is 0. The van der Waals surface area contributed by atoms with Crippen molar-refractivity contribution in [1.29, 1.82) is 0 Å². The van der Waals surface area contributed by atoms with Gasteiger partial charge in [0.2, 0.25) is 0 Å². The molecule has 2 N–H and O–H groups in total. The first-order chi connectivity index (χ1) is 4.31. The fraction of sp³-hybridized carbons (Fsp3) is 1.00. The summed E-state index contributed by atoms with van der Waals surface area (Å²) in [6, 6.07) is 0. The zero-order chi connectivity index (χ0) is 7.11.